The maximum atomic E-state index is 11.7. The molecule has 1 amide bonds. The van der Waals surface area contributed by atoms with Crippen LogP contribution in [0, 0.1) is 6.92 Å². The summed E-state index contributed by atoms with van der Waals surface area (Å²) in [5.74, 6) is 0.742. The summed E-state index contributed by atoms with van der Waals surface area (Å²) < 4.78 is 0. The fourth-order valence-electron chi connectivity index (χ4n) is 3.66. The number of aromatic amines is 1. The van der Waals surface area contributed by atoms with Gasteiger partial charge in [0.05, 0.1) is 6.54 Å². The second kappa shape index (κ2) is 6.53. The molecule has 2 N–H and O–H groups in total. The molecule has 22 heavy (non-hydrogen) atoms. The van der Waals surface area contributed by atoms with Crippen LogP contribution in [-0.2, 0) is 4.79 Å². The zero-order valence-electron chi connectivity index (χ0n) is 13.5. The number of para-hydroxylation sites is 1. The highest BCUT2D eigenvalue weighted by atomic mass is 16.2. The zero-order chi connectivity index (χ0) is 15.5. The standard InChI is InChI=1S/C18H25N3O/c1-3-19-17(22)12-21-10-8-14(9-11-21)18-13(2)20-16-7-5-4-6-15(16)18/h4-7,14,20H,3,8-12H2,1-2H3,(H,19,22). The number of H-pyrrole nitrogens is 1. The van der Waals surface area contributed by atoms with Gasteiger partial charge in [-0.2, -0.15) is 0 Å². The molecule has 0 aliphatic carbocycles. The Balaban J connectivity index is 1.68. The number of hydrogen-bond donors (Lipinski definition) is 2. The third-order valence-electron chi connectivity index (χ3n) is 4.68. The minimum Gasteiger partial charge on any atom is -0.358 e. The minimum atomic E-state index is 0.143. The van der Waals surface area contributed by atoms with Crippen molar-refractivity contribution in [2.24, 2.45) is 0 Å². The van der Waals surface area contributed by atoms with Gasteiger partial charge in [-0.15, -0.1) is 0 Å². The van der Waals surface area contributed by atoms with Crippen LogP contribution in [0.25, 0.3) is 10.9 Å². The molecular weight excluding hydrogens is 274 g/mol. The van der Waals surface area contributed by atoms with Gasteiger partial charge >= 0.3 is 0 Å². The quantitative estimate of drug-likeness (QED) is 0.912. The predicted octanol–water partition coefficient (Wildman–Crippen LogP) is 2.79. The molecule has 1 aliphatic rings. The number of rotatable bonds is 4. The Kier molecular flexibility index (Phi) is 4.48. The number of carbonyl (C=O) groups excluding carboxylic acids is 1. The van der Waals surface area contributed by atoms with Crippen LogP contribution in [-0.4, -0.2) is 42.0 Å². The number of amides is 1. The first kappa shape index (κ1) is 15.1. The molecule has 0 spiro atoms. The van der Waals surface area contributed by atoms with Crippen LogP contribution in [0.2, 0.25) is 0 Å². The van der Waals surface area contributed by atoms with E-state index < -0.39 is 0 Å². The molecule has 1 fully saturated rings. The van der Waals surface area contributed by atoms with Crippen molar-refractivity contribution in [3.8, 4) is 0 Å². The first-order valence-electron chi connectivity index (χ1n) is 8.25. The molecule has 3 rings (SSSR count). The van der Waals surface area contributed by atoms with Crippen LogP contribution in [0.4, 0.5) is 0 Å². The number of likely N-dealkylation sites (N-methyl/N-ethyl adjacent to an activating group) is 1. The summed E-state index contributed by atoms with van der Waals surface area (Å²) in [7, 11) is 0. The van der Waals surface area contributed by atoms with E-state index in [0.717, 1.165) is 25.9 Å². The average molecular weight is 299 g/mol. The van der Waals surface area contributed by atoms with Crippen molar-refractivity contribution >= 4 is 16.8 Å². The van der Waals surface area contributed by atoms with E-state index in [1.54, 1.807) is 0 Å². The van der Waals surface area contributed by atoms with Crippen molar-refractivity contribution in [1.29, 1.82) is 0 Å². The highest BCUT2D eigenvalue weighted by molar-refractivity contribution is 5.85. The fraction of sp³-hybridized carbons (Fsp3) is 0.500. The number of aryl methyl sites for hydroxylation is 1. The van der Waals surface area contributed by atoms with Crippen LogP contribution < -0.4 is 5.32 Å². The maximum absolute atomic E-state index is 11.7. The van der Waals surface area contributed by atoms with Gasteiger partial charge in [-0.1, -0.05) is 18.2 Å². The molecule has 1 saturated heterocycles. The summed E-state index contributed by atoms with van der Waals surface area (Å²) in [4.78, 5) is 17.5. The van der Waals surface area contributed by atoms with E-state index in [-0.39, 0.29) is 5.91 Å². The summed E-state index contributed by atoms with van der Waals surface area (Å²) in [5, 5.41) is 4.24. The van der Waals surface area contributed by atoms with Crippen LogP contribution in [0.3, 0.4) is 0 Å². The molecule has 0 unspecified atom stereocenters. The van der Waals surface area contributed by atoms with Gasteiger partial charge in [-0.05, 0) is 57.3 Å². The third kappa shape index (κ3) is 3.02. The Bertz CT molecular complexity index is 653. The van der Waals surface area contributed by atoms with E-state index >= 15 is 0 Å². The lowest BCUT2D eigenvalue weighted by atomic mass is 9.87. The smallest absolute Gasteiger partial charge is 0.234 e. The number of nitrogens with zero attached hydrogens (tertiary/aromatic N) is 1. The maximum Gasteiger partial charge on any atom is 0.234 e. The Morgan fingerprint density at radius 2 is 2.05 bits per heavy atom. The summed E-state index contributed by atoms with van der Waals surface area (Å²) in [5.41, 5.74) is 4.01. The van der Waals surface area contributed by atoms with Crippen molar-refractivity contribution in [3.05, 3.63) is 35.5 Å². The van der Waals surface area contributed by atoms with Gasteiger partial charge in [0.1, 0.15) is 0 Å². The summed E-state index contributed by atoms with van der Waals surface area (Å²) in [6.07, 6.45) is 2.25. The largest absolute Gasteiger partial charge is 0.358 e. The van der Waals surface area contributed by atoms with E-state index in [9.17, 15) is 4.79 Å². The third-order valence-corrected chi connectivity index (χ3v) is 4.68. The van der Waals surface area contributed by atoms with Gasteiger partial charge in [0.2, 0.25) is 5.91 Å². The minimum absolute atomic E-state index is 0.143. The van der Waals surface area contributed by atoms with Crippen LogP contribution in [0.1, 0.15) is 36.9 Å². The van der Waals surface area contributed by atoms with Crippen molar-refractivity contribution in [2.45, 2.75) is 32.6 Å². The SMILES string of the molecule is CCNC(=O)CN1CCC(c2c(C)[nH]c3ccccc23)CC1. The van der Waals surface area contributed by atoms with Crippen molar-refractivity contribution in [3.63, 3.8) is 0 Å². The van der Waals surface area contributed by atoms with Gasteiger partial charge < -0.3 is 10.3 Å². The van der Waals surface area contributed by atoms with Gasteiger partial charge in [0.25, 0.3) is 0 Å². The van der Waals surface area contributed by atoms with Gasteiger partial charge in [-0.3, -0.25) is 9.69 Å². The molecule has 0 bridgehead atoms. The number of nitrogens with one attached hydrogen (secondary N) is 2. The average Bonchev–Trinajstić information content (AvgIpc) is 2.84. The molecular formula is C18H25N3O. The number of piperidine rings is 1. The first-order valence-corrected chi connectivity index (χ1v) is 8.25. The van der Waals surface area contributed by atoms with E-state index in [0.29, 0.717) is 19.0 Å². The molecule has 0 saturated carbocycles. The molecule has 1 aromatic carbocycles. The number of likely N-dealkylation sites (tertiary alicyclic amines) is 1. The Morgan fingerprint density at radius 3 is 2.77 bits per heavy atom. The second-order valence-corrected chi connectivity index (χ2v) is 6.21. The van der Waals surface area contributed by atoms with E-state index in [1.807, 2.05) is 6.92 Å². The van der Waals surface area contributed by atoms with E-state index in [2.05, 4.69) is 46.4 Å². The second-order valence-electron chi connectivity index (χ2n) is 6.21. The topological polar surface area (TPSA) is 48.1 Å². The number of benzene rings is 1. The Labute approximate surface area is 131 Å². The van der Waals surface area contributed by atoms with Crippen LogP contribution >= 0.6 is 0 Å². The summed E-state index contributed by atoms with van der Waals surface area (Å²) >= 11 is 0. The van der Waals surface area contributed by atoms with Gasteiger partial charge in [0.15, 0.2) is 0 Å². The first-order chi connectivity index (χ1) is 10.7. The lowest BCUT2D eigenvalue weighted by Gasteiger charge is -2.31. The molecule has 1 aliphatic heterocycles. The van der Waals surface area contributed by atoms with E-state index in [1.165, 1.54) is 22.2 Å². The summed E-state index contributed by atoms with van der Waals surface area (Å²) in [6, 6.07) is 8.56. The molecule has 4 nitrogen and oxygen atoms in total. The highest BCUT2D eigenvalue weighted by Crippen LogP contribution is 2.35. The number of carbonyl (C=O) groups is 1. The summed E-state index contributed by atoms with van der Waals surface area (Å²) in [6.45, 7) is 7.39. The number of hydrogen-bond acceptors (Lipinski definition) is 2. The van der Waals surface area contributed by atoms with Crippen molar-refractivity contribution in [1.82, 2.24) is 15.2 Å². The lowest BCUT2D eigenvalue weighted by Crippen LogP contribution is -2.41. The van der Waals surface area contributed by atoms with Crippen molar-refractivity contribution < 1.29 is 4.79 Å². The molecule has 1 aromatic heterocycles. The molecule has 4 heteroatoms. The number of aromatic nitrogens is 1. The highest BCUT2D eigenvalue weighted by Gasteiger charge is 2.25. The molecule has 0 atom stereocenters. The molecule has 0 radical (unpaired) electrons. The molecule has 2 heterocycles. The van der Waals surface area contributed by atoms with Crippen LogP contribution in [0.5, 0.6) is 0 Å². The van der Waals surface area contributed by atoms with Gasteiger partial charge in [-0.25, -0.2) is 0 Å². The molecule has 118 valence electrons. The van der Waals surface area contributed by atoms with Crippen LogP contribution in [0.15, 0.2) is 24.3 Å². The number of fused-ring (bicyclic) bond motifs is 1. The Morgan fingerprint density at radius 1 is 1.32 bits per heavy atom. The Hall–Kier alpha value is -1.81. The molecule has 2 aromatic rings. The zero-order valence-corrected chi connectivity index (χ0v) is 13.5. The van der Waals surface area contributed by atoms with E-state index in [4.69, 9.17) is 0 Å². The predicted molar refractivity (Wildman–Crippen MR) is 90.1 cm³/mol. The lowest BCUT2D eigenvalue weighted by molar-refractivity contribution is -0.122. The van der Waals surface area contributed by atoms with Crippen molar-refractivity contribution in [2.75, 3.05) is 26.2 Å². The van der Waals surface area contributed by atoms with Gasteiger partial charge in [0, 0.05) is 23.1 Å². The monoisotopic (exact) mass is 299 g/mol. The normalized spacial score (nSPS) is 17.0. The fourth-order valence-corrected chi connectivity index (χ4v) is 3.66.